The lowest BCUT2D eigenvalue weighted by molar-refractivity contribution is 0.109. The van der Waals surface area contributed by atoms with Crippen molar-refractivity contribution in [2.75, 3.05) is 5.32 Å². The fourth-order valence-corrected chi connectivity index (χ4v) is 7.83. The van der Waals surface area contributed by atoms with E-state index in [0.717, 1.165) is 30.7 Å². The first-order valence-corrected chi connectivity index (χ1v) is 16.9. The number of anilines is 1. The van der Waals surface area contributed by atoms with Crippen molar-refractivity contribution in [3.63, 3.8) is 0 Å². The van der Waals surface area contributed by atoms with Crippen LogP contribution in [0.15, 0.2) is 53.6 Å². The van der Waals surface area contributed by atoms with E-state index in [1.165, 1.54) is 23.5 Å². The summed E-state index contributed by atoms with van der Waals surface area (Å²) in [7, 11) is -4.00. The van der Waals surface area contributed by atoms with E-state index in [4.69, 9.17) is 4.74 Å². The van der Waals surface area contributed by atoms with Gasteiger partial charge in [0.15, 0.2) is 0 Å². The number of carbonyl (C=O) groups excluding carboxylic acids is 2. The zero-order valence-electron chi connectivity index (χ0n) is 25.6. The third-order valence-corrected chi connectivity index (χ3v) is 9.89. The zero-order valence-corrected chi connectivity index (χ0v) is 27.2. The Morgan fingerprint density at radius 2 is 1.80 bits per heavy atom. The molecule has 4 N–H and O–H groups in total. The normalized spacial score (nSPS) is 17.2. The molecule has 44 heavy (non-hydrogen) atoms. The van der Waals surface area contributed by atoms with Gasteiger partial charge in [0.1, 0.15) is 5.82 Å². The van der Waals surface area contributed by atoms with E-state index in [-0.39, 0.29) is 35.2 Å². The standard InChI is InChI=1S/C31H40FN5O5S2/c1-19(2)42-30(39)36-22-12-10-20(11-13-22)28-33-18-26(43-28)24-15-14-23(16-27(24)44(40,41)37-31(3,4)5)35-29(38)34-17-21-8-6-7-9-25(21)32/h6-9,14-16,18-20,22,37H,10-13,17H2,1-5H3,(H,36,39)(H2,34,35,38)/t20-,22-. The number of rotatable bonds is 9. The molecule has 3 amide bonds. The highest BCUT2D eigenvalue weighted by molar-refractivity contribution is 7.89. The van der Waals surface area contributed by atoms with Crippen LogP contribution in [0.25, 0.3) is 10.4 Å². The van der Waals surface area contributed by atoms with Crippen molar-refractivity contribution in [2.45, 2.75) is 95.3 Å². The van der Waals surface area contributed by atoms with E-state index in [2.05, 4.69) is 25.7 Å². The highest BCUT2D eigenvalue weighted by Crippen LogP contribution is 2.40. The van der Waals surface area contributed by atoms with E-state index < -0.39 is 33.5 Å². The summed E-state index contributed by atoms with van der Waals surface area (Å²) in [5.41, 5.74) is 0.314. The summed E-state index contributed by atoms with van der Waals surface area (Å²) in [4.78, 5) is 29.9. The number of hydrogen-bond donors (Lipinski definition) is 4. The summed E-state index contributed by atoms with van der Waals surface area (Å²) >= 11 is 1.44. The van der Waals surface area contributed by atoms with Crippen molar-refractivity contribution in [3.8, 4) is 10.4 Å². The van der Waals surface area contributed by atoms with Crippen molar-refractivity contribution in [1.29, 1.82) is 0 Å². The monoisotopic (exact) mass is 645 g/mol. The largest absolute Gasteiger partial charge is 0.447 e. The third kappa shape index (κ3) is 9.23. The minimum absolute atomic E-state index is 0.00565. The fraction of sp³-hybridized carbons (Fsp3) is 0.452. The summed E-state index contributed by atoms with van der Waals surface area (Å²) in [6.07, 6.45) is 4.35. The molecule has 10 nitrogen and oxygen atoms in total. The first kappa shape index (κ1) is 33.3. The molecule has 1 saturated carbocycles. The van der Waals surface area contributed by atoms with Gasteiger partial charge >= 0.3 is 12.1 Å². The van der Waals surface area contributed by atoms with Crippen molar-refractivity contribution in [1.82, 2.24) is 20.3 Å². The van der Waals surface area contributed by atoms with Crippen LogP contribution >= 0.6 is 11.3 Å². The van der Waals surface area contributed by atoms with Crippen LogP contribution in [0.4, 0.5) is 19.7 Å². The Balaban J connectivity index is 1.51. The number of benzene rings is 2. The zero-order chi connectivity index (χ0) is 32.1. The lowest BCUT2D eigenvalue weighted by Crippen LogP contribution is -2.40. The lowest BCUT2D eigenvalue weighted by Gasteiger charge is -2.28. The van der Waals surface area contributed by atoms with Crippen molar-refractivity contribution >= 4 is 39.2 Å². The predicted octanol–water partition coefficient (Wildman–Crippen LogP) is 6.51. The van der Waals surface area contributed by atoms with Gasteiger partial charge in [-0.05, 0) is 78.5 Å². The topological polar surface area (TPSA) is 139 Å². The maximum atomic E-state index is 13.9. The average Bonchev–Trinajstić information content (AvgIpc) is 3.41. The SMILES string of the molecule is CC(C)OC(=O)N[C@H]1CC[C@H](c2ncc(-c3ccc(NC(=O)NCc4ccccc4F)cc3S(=O)(=O)NC(C)(C)C)s2)CC1. The summed E-state index contributed by atoms with van der Waals surface area (Å²) in [5.74, 6) is -0.237. The summed E-state index contributed by atoms with van der Waals surface area (Å²) < 4.78 is 49.0. The molecule has 13 heteroatoms. The van der Waals surface area contributed by atoms with Gasteiger partial charge in [0, 0.05) is 47.1 Å². The molecule has 4 rings (SSSR count). The van der Waals surface area contributed by atoms with Gasteiger partial charge in [0.25, 0.3) is 0 Å². The minimum atomic E-state index is -4.00. The number of thiazole rings is 1. The van der Waals surface area contributed by atoms with E-state index in [9.17, 15) is 22.4 Å². The molecular weight excluding hydrogens is 606 g/mol. The third-order valence-electron chi connectivity index (χ3n) is 6.90. The van der Waals surface area contributed by atoms with E-state index in [1.54, 1.807) is 57.3 Å². The number of carbonyl (C=O) groups is 2. The van der Waals surface area contributed by atoms with Gasteiger partial charge in [0.2, 0.25) is 10.0 Å². The van der Waals surface area contributed by atoms with Gasteiger partial charge in [-0.2, -0.15) is 0 Å². The number of amides is 3. The van der Waals surface area contributed by atoms with Crippen LogP contribution in [-0.2, 0) is 21.3 Å². The first-order chi connectivity index (χ1) is 20.7. The average molecular weight is 646 g/mol. The van der Waals surface area contributed by atoms with Gasteiger partial charge in [-0.1, -0.05) is 24.3 Å². The Morgan fingerprint density at radius 3 is 2.45 bits per heavy atom. The Hall–Kier alpha value is -3.55. The summed E-state index contributed by atoms with van der Waals surface area (Å²) in [5, 5.41) is 9.09. The Kier molecular flexibility index (Phi) is 10.6. The molecule has 0 radical (unpaired) electrons. The van der Waals surface area contributed by atoms with Crippen LogP contribution in [0.5, 0.6) is 0 Å². The summed E-state index contributed by atoms with van der Waals surface area (Å²) in [6.45, 7) is 8.84. The number of halogens is 1. The van der Waals surface area contributed by atoms with Crippen molar-refractivity contribution < 1.29 is 27.1 Å². The van der Waals surface area contributed by atoms with Gasteiger partial charge in [-0.15, -0.1) is 11.3 Å². The molecule has 0 unspecified atom stereocenters. The van der Waals surface area contributed by atoms with E-state index in [1.807, 2.05) is 13.8 Å². The number of nitrogens with one attached hydrogen (secondary N) is 4. The second-order valence-electron chi connectivity index (χ2n) is 12.2. The number of hydrogen-bond acceptors (Lipinski definition) is 7. The number of urea groups is 1. The number of aromatic nitrogens is 1. The molecule has 2 aromatic carbocycles. The smallest absolute Gasteiger partial charge is 0.407 e. The van der Waals surface area contributed by atoms with E-state index >= 15 is 0 Å². The second kappa shape index (κ2) is 14.0. The minimum Gasteiger partial charge on any atom is -0.447 e. The van der Waals surface area contributed by atoms with Gasteiger partial charge in [-0.25, -0.2) is 32.1 Å². The molecule has 0 spiro atoms. The summed E-state index contributed by atoms with van der Waals surface area (Å²) in [6, 6.07) is 10.3. The van der Waals surface area contributed by atoms with Crippen LogP contribution in [0, 0.1) is 5.82 Å². The van der Waals surface area contributed by atoms with Crippen LogP contribution in [0.2, 0.25) is 0 Å². The Morgan fingerprint density at radius 1 is 1.09 bits per heavy atom. The Bertz CT molecular complexity index is 1580. The molecule has 238 valence electrons. The van der Waals surface area contributed by atoms with Gasteiger partial charge in [0.05, 0.1) is 20.9 Å². The number of ether oxygens (including phenoxy) is 1. The number of sulfonamides is 1. The van der Waals surface area contributed by atoms with Gasteiger partial charge < -0.3 is 20.7 Å². The predicted molar refractivity (Wildman–Crippen MR) is 170 cm³/mol. The molecule has 1 aliphatic rings. The molecule has 0 aliphatic heterocycles. The van der Waals surface area contributed by atoms with Crippen molar-refractivity contribution in [2.24, 2.45) is 0 Å². The van der Waals surface area contributed by atoms with Gasteiger partial charge in [-0.3, -0.25) is 0 Å². The Labute approximate surface area is 262 Å². The molecule has 0 atom stereocenters. The van der Waals surface area contributed by atoms with Crippen LogP contribution in [0.1, 0.15) is 76.8 Å². The maximum Gasteiger partial charge on any atom is 0.407 e. The second-order valence-corrected chi connectivity index (χ2v) is 14.9. The number of nitrogens with zero attached hydrogens (tertiary/aromatic N) is 1. The molecule has 1 aliphatic carbocycles. The van der Waals surface area contributed by atoms with Crippen LogP contribution in [0.3, 0.4) is 0 Å². The quantitative estimate of drug-likeness (QED) is 0.209. The molecule has 0 saturated heterocycles. The highest BCUT2D eigenvalue weighted by atomic mass is 32.2. The lowest BCUT2D eigenvalue weighted by atomic mass is 9.86. The highest BCUT2D eigenvalue weighted by Gasteiger charge is 2.29. The molecular formula is C31H40FN5O5S2. The molecule has 3 aromatic rings. The maximum absolute atomic E-state index is 13.9. The molecule has 0 bridgehead atoms. The first-order valence-electron chi connectivity index (χ1n) is 14.6. The molecule has 1 fully saturated rings. The molecule has 1 heterocycles. The molecule has 1 aromatic heterocycles. The van der Waals surface area contributed by atoms with Crippen molar-refractivity contribution in [3.05, 3.63) is 65.0 Å². The fourth-order valence-electron chi connectivity index (χ4n) is 4.98. The van der Waals surface area contributed by atoms with Crippen LogP contribution < -0.4 is 20.7 Å². The van der Waals surface area contributed by atoms with E-state index in [0.29, 0.717) is 16.0 Å². The van der Waals surface area contributed by atoms with Crippen LogP contribution in [-0.4, -0.2) is 43.2 Å². The number of alkyl carbamates (subject to hydrolysis) is 1.